The number of hydrogen-bond acceptors (Lipinski definition) is 4. The Morgan fingerprint density at radius 1 is 1.40 bits per heavy atom. The summed E-state index contributed by atoms with van der Waals surface area (Å²) in [6, 6.07) is 0.233. The Hall–Kier alpha value is -0.870. The molecule has 4 nitrogen and oxygen atoms in total. The monoisotopic (exact) mass is 281 g/mol. The molecule has 4 heteroatoms. The van der Waals surface area contributed by atoms with Gasteiger partial charge < -0.3 is 4.74 Å². The standard InChI is InChI=1S/C16H27NO3/c1-10(2)9-17-16(11(3)4)15-13(19-12(5)18)7-6-8-14(15)20-17/h10-11,14,16H,6-9H2,1-5H3/t14-,16-/m0/s1. The molecule has 20 heavy (non-hydrogen) atoms. The Labute approximate surface area is 122 Å². The normalized spacial score (nSPS) is 27.4. The maximum atomic E-state index is 11.3. The van der Waals surface area contributed by atoms with Crippen molar-refractivity contribution in [3.63, 3.8) is 0 Å². The summed E-state index contributed by atoms with van der Waals surface area (Å²) in [6.07, 6.45) is 3.01. The van der Waals surface area contributed by atoms with Crippen molar-refractivity contribution in [2.75, 3.05) is 6.54 Å². The molecule has 0 aromatic carbocycles. The van der Waals surface area contributed by atoms with Crippen molar-refractivity contribution in [2.45, 2.75) is 66.0 Å². The molecule has 1 fully saturated rings. The van der Waals surface area contributed by atoms with Gasteiger partial charge in [-0.05, 0) is 24.7 Å². The minimum atomic E-state index is -0.224. The number of esters is 1. The first-order chi connectivity index (χ1) is 9.40. The zero-order valence-electron chi connectivity index (χ0n) is 13.3. The summed E-state index contributed by atoms with van der Waals surface area (Å²) in [7, 11) is 0. The second-order valence-electron chi connectivity index (χ2n) is 6.64. The van der Waals surface area contributed by atoms with Gasteiger partial charge in [-0.15, -0.1) is 0 Å². The largest absolute Gasteiger partial charge is 0.431 e. The number of hydroxylamine groups is 2. The van der Waals surface area contributed by atoms with Crippen molar-refractivity contribution >= 4 is 5.97 Å². The van der Waals surface area contributed by atoms with Crippen LogP contribution in [0.25, 0.3) is 0 Å². The van der Waals surface area contributed by atoms with Crippen LogP contribution in [0.5, 0.6) is 0 Å². The SMILES string of the molecule is CC(=O)OC1=C2[C@H](CCC1)ON(CC(C)C)[C@H]2C(C)C. The highest BCUT2D eigenvalue weighted by atomic mass is 16.7. The van der Waals surface area contributed by atoms with Crippen LogP contribution in [0.4, 0.5) is 0 Å². The summed E-state index contributed by atoms with van der Waals surface area (Å²) in [6.45, 7) is 11.2. The molecule has 0 radical (unpaired) electrons. The van der Waals surface area contributed by atoms with E-state index in [1.807, 2.05) is 0 Å². The van der Waals surface area contributed by atoms with Gasteiger partial charge in [0.25, 0.3) is 0 Å². The molecule has 0 aromatic rings. The summed E-state index contributed by atoms with van der Waals surface area (Å²) < 4.78 is 5.47. The van der Waals surface area contributed by atoms with E-state index in [2.05, 4.69) is 32.8 Å². The van der Waals surface area contributed by atoms with Crippen molar-refractivity contribution in [1.29, 1.82) is 0 Å². The van der Waals surface area contributed by atoms with Crippen molar-refractivity contribution in [2.24, 2.45) is 11.8 Å². The number of rotatable bonds is 4. The lowest BCUT2D eigenvalue weighted by Gasteiger charge is -2.28. The van der Waals surface area contributed by atoms with Crippen LogP contribution < -0.4 is 0 Å². The van der Waals surface area contributed by atoms with Crippen LogP contribution in [-0.2, 0) is 14.4 Å². The summed E-state index contributed by atoms with van der Waals surface area (Å²) in [5, 5.41) is 2.12. The Kier molecular flexibility index (Phi) is 4.86. The molecule has 0 aromatic heterocycles. The lowest BCUT2D eigenvalue weighted by atomic mass is 9.85. The zero-order valence-corrected chi connectivity index (χ0v) is 13.3. The highest BCUT2D eigenvalue weighted by Gasteiger charge is 2.44. The number of fused-ring (bicyclic) bond motifs is 1. The molecule has 1 saturated heterocycles. The molecule has 114 valence electrons. The lowest BCUT2D eigenvalue weighted by molar-refractivity contribution is -0.174. The smallest absolute Gasteiger partial charge is 0.307 e. The minimum Gasteiger partial charge on any atom is -0.431 e. The first-order valence-electron chi connectivity index (χ1n) is 7.75. The third kappa shape index (κ3) is 3.23. The van der Waals surface area contributed by atoms with Gasteiger partial charge in [-0.25, -0.2) is 0 Å². The molecule has 0 N–H and O–H groups in total. The molecule has 1 aliphatic heterocycles. The third-order valence-corrected chi connectivity index (χ3v) is 3.87. The summed E-state index contributed by atoms with van der Waals surface area (Å²) >= 11 is 0. The van der Waals surface area contributed by atoms with E-state index in [0.717, 1.165) is 31.6 Å². The first-order valence-corrected chi connectivity index (χ1v) is 7.75. The molecule has 0 bridgehead atoms. The lowest BCUT2D eigenvalue weighted by Crippen LogP contribution is -2.36. The average Bonchev–Trinajstić information content (AvgIpc) is 2.66. The van der Waals surface area contributed by atoms with Gasteiger partial charge in [0.2, 0.25) is 0 Å². The predicted octanol–water partition coefficient (Wildman–Crippen LogP) is 3.28. The number of allylic oxidation sites excluding steroid dienone is 1. The van der Waals surface area contributed by atoms with E-state index >= 15 is 0 Å². The van der Waals surface area contributed by atoms with Crippen LogP contribution in [0.15, 0.2) is 11.3 Å². The minimum absolute atomic E-state index is 0.101. The van der Waals surface area contributed by atoms with Gasteiger partial charge in [0.15, 0.2) is 0 Å². The number of hydrogen-bond donors (Lipinski definition) is 0. The van der Waals surface area contributed by atoms with Crippen LogP contribution in [0, 0.1) is 11.8 Å². The van der Waals surface area contributed by atoms with Crippen molar-refractivity contribution in [3.8, 4) is 0 Å². The van der Waals surface area contributed by atoms with Crippen molar-refractivity contribution in [1.82, 2.24) is 5.06 Å². The summed E-state index contributed by atoms with van der Waals surface area (Å²) in [5.74, 6) is 1.63. The van der Waals surface area contributed by atoms with Crippen LogP contribution in [0.2, 0.25) is 0 Å². The van der Waals surface area contributed by atoms with Crippen LogP contribution >= 0.6 is 0 Å². The van der Waals surface area contributed by atoms with Gasteiger partial charge in [-0.3, -0.25) is 9.63 Å². The highest BCUT2D eigenvalue weighted by molar-refractivity contribution is 5.67. The van der Waals surface area contributed by atoms with E-state index in [1.165, 1.54) is 12.5 Å². The molecule has 2 atom stereocenters. The maximum Gasteiger partial charge on any atom is 0.307 e. The first kappa shape index (κ1) is 15.5. The van der Waals surface area contributed by atoms with Crippen LogP contribution in [-0.4, -0.2) is 29.7 Å². The number of carbonyl (C=O) groups is 1. The Balaban J connectivity index is 2.31. The maximum absolute atomic E-state index is 11.3. The fourth-order valence-electron chi connectivity index (χ4n) is 3.27. The van der Waals surface area contributed by atoms with E-state index in [4.69, 9.17) is 9.57 Å². The van der Waals surface area contributed by atoms with E-state index in [9.17, 15) is 4.79 Å². The number of nitrogens with zero attached hydrogens (tertiary/aromatic N) is 1. The Bertz CT molecular complexity index is 401. The van der Waals surface area contributed by atoms with Crippen LogP contribution in [0.1, 0.15) is 53.9 Å². The molecule has 2 aliphatic rings. The molecule has 2 rings (SSSR count). The second-order valence-corrected chi connectivity index (χ2v) is 6.64. The zero-order chi connectivity index (χ0) is 14.9. The van der Waals surface area contributed by atoms with Crippen molar-refractivity contribution < 1.29 is 14.4 Å². The Morgan fingerprint density at radius 3 is 2.65 bits per heavy atom. The number of carbonyl (C=O) groups excluding carboxylic acids is 1. The van der Waals surface area contributed by atoms with Gasteiger partial charge in [0.1, 0.15) is 11.9 Å². The molecule has 0 saturated carbocycles. The van der Waals surface area contributed by atoms with Gasteiger partial charge in [0.05, 0.1) is 6.04 Å². The van der Waals surface area contributed by atoms with Gasteiger partial charge >= 0.3 is 5.97 Å². The fourth-order valence-corrected chi connectivity index (χ4v) is 3.27. The second kappa shape index (κ2) is 6.27. The summed E-state index contributed by atoms with van der Waals surface area (Å²) in [5.41, 5.74) is 1.21. The Morgan fingerprint density at radius 2 is 2.10 bits per heavy atom. The van der Waals surface area contributed by atoms with E-state index in [-0.39, 0.29) is 18.1 Å². The van der Waals surface area contributed by atoms with E-state index < -0.39 is 0 Å². The average molecular weight is 281 g/mol. The van der Waals surface area contributed by atoms with E-state index in [1.54, 1.807) is 0 Å². The molecule has 0 amide bonds. The molecule has 0 unspecified atom stereocenters. The molecule has 0 spiro atoms. The quantitative estimate of drug-likeness (QED) is 0.741. The highest BCUT2D eigenvalue weighted by Crippen LogP contribution is 2.41. The summed E-state index contributed by atoms with van der Waals surface area (Å²) in [4.78, 5) is 17.5. The molecule has 1 heterocycles. The predicted molar refractivity (Wildman–Crippen MR) is 77.7 cm³/mol. The molecule has 1 aliphatic carbocycles. The van der Waals surface area contributed by atoms with E-state index in [0.29, 0.717) is 11.8 Å². The van der Waals surface area contributed by atoms with Crippen molar-refractivity contribution in [3.05, 3.63) is 11.3 Å². The topological polar surface area (TPSA) is 38.8 Å². The third-order valence-electron chi connectivity index (χ3n) is 3.87. The van der Waals surface area contributed by atoms with Gasteiger partial charge in [0, 0.05) is 25.5 Å². The molecular weight excluding hydrogens is 254 g/mol. The van der Waals surface area contributed by atoms with Crippen LogP contribution in [0.3, 0.4) is 0 Å². The van der Waals surface area contributed by atoms with Gasteiger partial charge in [-0.2, -0.15) is 5.06 Å². The molecular formula is C16H27NO3. The number of ether oxygens (including phenoxy) is 1. The fraction of sp³-hybridized carbons (Fsp3) is 0.812. The van der Waals surface area contributed by atoms with Gasteiger partial charge in [-0.1, -0.05) is 27.7 Å².